The Morgan fingerprint density at radius 1 is 1.58 bits per heavy atom. The maximum absolute atomic E-state index is 11.8. The van der Waals surface area contributed by atoms with E-state index < -0.39 is 6.61 Å². The van der Waals surface area contributed by atoms with Gasteiger partial charge in [0.15, 0.2) is 12.1 Å². The van der Waals surface area contributed by atoms with E-state index in [1.807, 2.05) is 0 Å². The number of H-pyrrole nitrogens is 1. The minimum atomic E-state index is -2.86. The number of hydrogen-bond donors (Lipinski definition) is 1. The third-order valence-electron chi connectivity index (χ3n) is 1.36. The fourth-order valence-corrected chi connectivity index (χ4v) is 1.09. The highest BCUT2D eigenvalue weighted by molar-refractivity contribution is 6.32. The monoisotopic (exact) mass is 197 g/mol. The van der Waals surface area contributed by atoms with E-state index in [9.17, 15) is 8.78 Å². The molecule has 0 fully saturated rings. The second kappa shape index (κ2) is 3.26. The molecule has 0 bridgehead atoms. The summed E-state index contributed by atoms with van der Waals surface area (Å²) in [4.78, 5) is 0. The van der Waals surface area contributed by atoms with Crippen LogP contribution in [0.3, 0.4) is 0 Å². The van der Waals surface area contributed by atoms with Crippen molar-refractivity contribution in [2.75, 3.05) is 0 Å². The SMILES string of the molecule is Cc1[nH][n+](C)c(OC(F)F)c1Cl. The molecule has 0 spiro atoms. The van der Waals surface area contributed by atoms with Crippen LogP contribution in [0.2, 0.25) is 5.02 Å². The first-order valence-corrected chi connectivity index (χ1v) is 3.59. The number of halogens is 3. The molecule has 1 aromatic heterocycles. The molecular weight excluding hydrogens is 190 g/mol. The van der Waals surface area contributed by atoms with Gasteiger partial charge in [0.1, 0.15) is 0 Å². The van der Waals surface area contributed by atoms with Crippen LogP contribution in [-0.4, -0.2) is 11.7 Å². The zero-order valence-corrected chi connectivity index (χ0v) is 7.32. The number of aryl methyl sites for hydroxylation is 2. The number of aromatic nitrogens is 2. The van der Waals surface area contributed by atoms with Gasteiger partial charge in [0.2, 0.25) is 0 Å². The van der Waals surface area contributed by atoms with Gasteiger partial charge >= 0.3 is 12.5 Å². The molecule has 0 aromatic carbocycles. The Morgan fingerprint density at radius 2 is 2.17 bits per heavy atom. The minimum absolute atomic E-state index is 0.0517. The fourth-order valence-electron chi connectivity index (χ4n) is 0.874. The van der Waals surface area contributed by atoms with Crippen LogP contribution in [0.1, 0.15) is 5.69 Å². The Morgan fingerprint density at radius 3 is 2.50 bits per heavy atom. The Balaban J connectivity index is 2.97. The molecule has 1 aromatic rings. The van der Waals surface area contributed by atoms with Crippen LogP contribution in [0.15, 0.2) is 0 Å². The predicted molar refractivity (Wildman–Crippen MR) is 38.3 cm³/mol. The lowest BCUT2D eigenvalue weighted by molar-refractivity contribution is -0.733. The zero-order valence-electron chi connectivity index (χ0n) is 6.57. The van der Waals surface area contributed by atoms with E-state index in [4.69, 9.17) is 11.6 Å². The minimum Gasteiger partial charge on any atom is -0.378 e. The Labute approximate surface area is 72.9 Å². The summed E-state index contributed by atoms with van der Waals surface area (Å²) in [5, 5.41) is 2.89. The van der Waals surface area contributed by atoms with E-state index in [1.165, 1.54) is 11.7 Å². The fraction of sp³-hybridized carbons (Fsp3) is 0.500. The number of aromatic amines is 1. The number of alkyl halides is 2. The summed E-state index contributed by atoms with van der Waals surface area (Å²) in [6.07, 6.45) is 0. The van der Waals surface area contributed by atoms with Gasteiger partial charge in [0.05, 0.1) is 5.69 Å². The molecule has 0 amide bonds. The lowest BCUT2D eigenvalue weighted by atomic mass is 10.5. The predicted octanol–water partition coefficient (Wildman–Crippen LogP) is 1.40. The van der Waals surface area contributed by atoms with Crippen molar-refractivity contribution in [1.82, 2.24) is 5.10 Å². The molecule has 0 atom stereocenters. The van der Waals surface area contributed by atoms with E-state index in [0.717, 1.165) is 0 Å². The van der Waals surface area contributed by atoms with Crippen molar-refractivity contribution in [3.05, 3.63) is 10.7 Å². The van der Waals surface area contributed by atoms with Crippen molar-refractivity contribution in [2.45, 2.75) is 13.5 Å². The van der Waals surface area contributed by atoms with Gasteiger partial charge in [0.25, 0.3) is 0 Å². The molecule has 3 nitrogen and oxygen atoms in total. The van der Waals surface area contributed by atoms with E-state index >= 15 is 0 Å². The summed E-state index contributed by atoms with van der Waals surface area (Å²) < 4.78 is 29.0. The average molecular weight is 198 g/mol. The first-order chi connectivity index (χ1) is 5.52. The molecule has 1 N–H and O–H groups in total. The number of nitrogens with one attached hydrogen (secondary N) is 1. The van der Waals surface area contributed by atoms with Crippen molar-refractivity contribution in [3.63, 3.8) is 0 Å². The van der Waals surface area contributed by atoms with E-state index in [1.54, 1.807) is 6.92 Å². The van der Waals surface area contributed by atoms with Crippen LogP contribution in [0.25, 0.3) is 0 Å². The molecule has 68 valence electrons. The summed E-state index contributed by atoms with van der Waals surface area (Å²) in [5.41, 5.74) is 0.592. The topological polar surface area (TPSA) is 28.9 Å². The Kier molecular flexibility index (Phi) is 2.52. The van der Waals surface area contributed by atoms with Crippen LogP contribution in [0, 0.1) is 6.92 Å². The summed E-state index contributed by atoms with van der Waals surface area (Å²) in [5.74, 6) is -0.0517. The lowest BCUT2D eigenvalue weighted by Crippen LogP contribution is -2.32. The van der Waals surface area contributed by atoms with E-state index in [-0.39, 0.29) is 10.9 Å². The molecule has 0 aliphatic carbocycles. The Bertz CT molecular complexity index is 287. The largest absolute Gasteiger partial charge is 0.417 e. The number of nitrogens with zero attached hydrogens (tertiary/aromatic N) is 1. The second-order valence-corrected chi connectivity index (χ2v) is 2.67. The second-order valence-electron chi connectivity index (χ2n) is 2.29. The number of hydrogen-bond acceptors (Lipinski definition) is 1. The molecule has 1 heterocycles. The van der Waals surface area contributed by atoms with Gasteiger partial charge in [0, 0.05) is 0 Å². The molecule has 0 aliphatic heterocycles. The highest BCUT2D eigenvalue weighted by Crippen LogP contribution is 2.23. The van der Waals surface area contributed by atoms with Crippen LogP contribution in [0.5, 0.6) is 5.88 Å². The number of rotatable bonds is 2. The highest BCUT2D eigenvalue weighted by Gasteiger charge is 2.23. The summed E-state index contributed by atoms with van der Waals surface area (Å²) in [6.45, 7) is -1.19. The first kappa shape index (κ1) is 9.25. The van der Waals surface area contributed by atoms with E-state index in [2.05, 4.69) is 9.84 Å². The lowest BCUT2D eigenvalue weighted by Gasteiger charge is -1.96. The molecule has 12 heavy (non-hydrogen) atoms. The third kappa shape index (κ3) is 1.66. The third-order valence-corrected chi connectivity index (χ3v) is 1.80. The van der Waals surface area contributed by atoms with Gasteiger partial charge in [-0.25, -0.2) is 0 Å². The zero-order chi connectivity index (χ0) is 9.30. The molecule has 6 heteroatoms. The van der Waals surface area contributed by atoms with Crippen LogP contribution >= 0.6 is 11.6 Å². The summed E-state index contributed by atoms with van der Waals surface area (Å²) >= 11 is 5.65. The standard InChI is InChI=1S/C6H7ClF2N2O/c1-3-4(7)5(11(2)10-3)12-6(8)9/h6H,1-2H3/p+1. The Hall–Kier alpha value is -0.840. The molecule has 0 radical (unpaired) electrons. The van der Waals surface area contributed by atoms with Gasteiger partial charge in [-0.3, -0.25) is 0 Å². The molecule has 0 aliphatic rings. The van der Waals surface area contributed by atoms with E-state index in [0.29, 0.717) is 5.69 Å². The van der Waals surface area contributed by atoms with Crippen molar-refractivity contribution in [2.24, 2.45) is 7.05 Å². The molecule has 0 saturated carbocycles. The van der Waals surface area contributed by atoms with Crippen molar-refractivity contribution in [3.8, 4) is 5.88 Å². The summed E-state index contributed by atoms with van der Waals surface area (Å²) in [7, 11) is 1.54. The maximum Gasteiger partial charge on any atom is 0.417 e. The first-order valence-electron chi connectivity index (χ1n) is 3.21. The smallest absolute Gasteiger partial charge is 0.378 e. The highest BCUT2D eigenvalue weighted by atomic mass is 35.5. The molecule has 0 saturated heterocycles. The molecule has 1 rings (SSSR count). The van der Waals surface area contributed by atoms with Gasteiger partial charge in [-0.15, -0.1) is 0 Å². The van der Waals surface area contributed by atoms with Gasteiger partial charge in [-0.05, 0) is 6.92 Å². The van der Waals surface area contributed by atoms with Gasteiger partial charge in [-0.2, -0.15) is 13.9 Å². The molecule has 0 unspecified atom stereocenters. The average Bonchev–Trinajstić information content (AvgIpc) is 2.16. The quantitative estimate of drug-likeness (QED) is 0.714. The maximum atomic E-state index is 11.8. The van der Waals surface area contributed by atoms with Crippen molar-refractivity contribution in [1.29, 1.82) is 0 Å². The van der Waals surface area contributed by atoms with Gasteiger partial charge < -0.3 is 4.74 Å². The normalized spacial score (nSPS) is 10.8. The van der Waals surface area contributed by atoms with Crippen molar-refractivity contribution >= 4 is 11.6 Å². The molecular formula is C6H8ClF2N2O+. The van der Waals surface area contributed by atoms with Crippen LogP contribution < -0.4 is 9.42 Å². The van der Waals surface area contributed by atoms with Crippen molar-refractivity contribution < 1.29 is 18.2 Å². The number of ether oxygens (including phenoxy) is 1. The van der Waals surface area contributed by atoms with Crippen LogP contribution in [0.4, 0.5) is 8.78 Å². The van der Waals surface area contributed by atoms with Crippen LogP contribution in [-0.2, 0) is 7.05 Å². The summed E-state index contributed by atoms with van der Waals surface area (Å²) in [6, 6.07) is 0. The van der Waals surface area contributed by atoms with Gasteiger partial charge in [-0.1, -0.05) is 16.3 Å².